The molecule has 1 aromatic heterocycles. The summed E-state index contributed by atoms with van der Waals surface area (Å²) in [7, 11) is 0. The third-order valence-electron chi connectivity index (χ3n) is 4.55. The van der Waals surface area contributed by atoms with E-state index in [9.17, 15) is 18.0 Å². The quantitative estimate of drug-likeness (QED) is 0.719. The standard InChI is InChI=1S/C19H19ClF3N3O/c1-3-6-26-10-12-8-13(7-11(2)16(12)18(26)27)25-9-14-15(19(21,22)23)4-5-24-17(14)20/h4-5,7-8,25H,3,6,9-10H2,1-2H3. The molecule has 0 aliphatic carbocycles. The van der Waals surface area contributed by atoms with Crippen LogP contribution in [0.5, 0.6) is 0 Å². The summed E-state index contributed by atoms with van der Waals surface area (Å²) in [5.41, 5.74) is 2.09. The van der Waals surface area contributed by atoms with Crippen molar-refractivity contribution in [2.75, 3.05) is 11.9 Å². The Morgan fingerprint density at radius 1 is 1.33 bits per heavy atom. The number of nitrogens with one attached hydrogen (secondary N) is 1. The van der Waals surface area contributed by atoms with Gasteiger partial charge in [-0.3, -0.25) is 4.79 Å². The van der Waals surface area contributed by atoms with Gasteiger partial charge in [0, 0.05) is 42.6 Å². The van der Waals surface area contributed by atoms with Gasteiger partial charge in [-0.2, -0.15) is 13.2 Å². The second-order valence-corrected chi connectivity index (χ2v) is 6.89. The van der Waals surface area contributed by atoms with E-state index in [0.29, 0.717) is 24.3 Å². The number of aryl methyl sites for hydroxylation is 1. The smallest absolute Gasteiger partial charge is 0.381 e. The Labute approximate surface area is 160 Å². The normalized spacial score (nSPS) is 13.9. The van der Waals surface area contributed by atoms with E-state index in [-0.39, 0.29) is 23.2 Å². The molecule has 0 unspecified atom stereocenters. The monoisotopic (exact) mass is 397 g/mol. The van der Waals surface area contributed by atoms with Crippen molar-refractivity contribution in [3.05, 3.63) is 57.4 Å². The number of nitrogens with zero attached hydrogens (tertiary/aromatic N) is 2. The summed E-state index contributed by atoms with van der Waals surface area (Å²) in [6.07, 6.45) is -2.60. The highest BCUT2D eigenvalue weighted by Gasteiger charge is 2.34. The van der Waals surface area contributed by atoms with Crippen LogP contribution in [0, 0.1) is 6.92 Å². The number of benzene rings is 1. The molecule has 0 bridgehead atoms. The number of fused-ring (bicyclic) bond motifs is 1. The van der Waals surface area contributed by atoms with Gasteiger partial charge < -0.3 is 10.2 Å². The SMILES string of the molecule is CCCN1Cc2cc(NCc3c(C(F)(F)F)ccnc3Cl)cc(C)c2C1=O. The number of alkyl halides is 3. The maximum Gasteiger partial charge on any atom is 0.416 e. The van der Waals surface area contributed by atoms with E-state index >= 15 is 0 Å². The van der Waals surface area contributed by atoms with Crippen molar-refractivity contribution in [2.24, 2.45) is 0 Å². The van der Waals surface area contributed by atoms with Crippen LogP contribution in [0.2, 0.25) is 5.15 Å². The van der Waals surface area contributed by atoms with Gasteiger partial charge in [-0.1, -0.05) is 18.5 Å². The molecular weight excluding hydrogens is 379 g/mol. The molecule has 8 heteroatoms. The zero-order valence-electron chi connectivity index (χ0n) is 15.0. The Bertz CT molecular complexity index is 883. The molecule has 0 saturated carbocycles. The van der Waals surface area contributed by atoms with Gasteiger partial charge in [-0.15, -0.1) is 0 Å². The minimum atomic E-state index is -4.51. The number of anilines is 1. The van der Waals surface area contributed by atoms with Gasteiger partial charge in [0.1, 0.15) is 5.15 Å². The average molecular weight is 398 g/mol. The first-order valence-electron chi connectivity index (χ1n) is 8.59. The van der Waals surface area contributed by atoms with Gasteiger partial charge in [0.05, 0.1) is 5.56 Å². The van der Waals surface area contributed by atoms with E-state index in [0.717, 1.165) is 29.8 Å². The zero-order chi connectivity index (χ0) is 19.8. The number of hydrogen-bond donors (Lipinski definition) is 1. The van der Waals surface area contributed by atoms with Crippen molar-refractivity contribution >= 4 is 23.2 Å². The van der Waals surface area contributed by atoms with E-state index in [1.165, 1.54) is 0 Å². The molecule has 27 heavy (non-hydrogen) atoms. The predicted octanol–water partition coefficient (Wildman–Crippen LogP) is 5.04. The molecule has 3 rings (SSSR count). The molecule has 2 aromatic rings. The highest BCUT2D eigenvalue weighted by atomic mass is 35.5. The van der Waals surface area contributed by atoms with E-state index in [1.54, 1.807) is 11.0 Å². The van der Waals surface area contributed by atoms with Crippen LogP contribution in [0.3, 0.4) is 0 Å². The summed E-state index contributed by atoms with van der Waals surface area (Å²) in [5, 5.41) is 2.81. The van der Waals surface area contributed by atoms with Crippen LogP contribution in [-0.4, -0.2) is 22.3 Å². The van der Waals surface area contributed by atoms with Crippen molar-refractivity contribution in [1.82, 2.24) is 9.88 Å². The molecule has 1 aromatic carbocycles. The topological polar surface area (TPSA) is 45.2 Å². The van der Waals surface area contributed by atoms with Gasteiger partial charge in [-0.25, -0.2) is 4.98 Å². The number of carbonyl (C=O) groups is 1. The Balaban J connectivity index is 1.85. The van der Waals surface area contributed by atoms with Crippen LogP contribution in [0.25, 0.3) is 0 Å². The van der Waals surface area contributed by atoms with Crippen LogP contribution in [0.1, 0.15) is 46.0 Å². The summed E-state index contributed by atoms with van der Waals surface area (Å²) in [6, 6.07) is 4.50. The molecular formula is C19H19ClF3N3O. The molecule has 0 fully saturated rings. The van der Waals surface area contributed by atoms with Crippen LogP contribution in [0.4, 0.5) is 18.9 Å². The van der Waals surface area contributed by atoms with Crippen molar-refractivity contribution < 1.29 is 18.0 Å². The molecule has 2 heterocycles. The maximum atomic E-state index is 13.2. The second kappa shape index (κ2) is 7.38. The number of carbonyl (C=O) groups excluding carboxylic acids is 1. The summed E-state index contributed by atoms with van der Waals surface area (Å²) in [5.74, 6) is 0.00515. The maximum absolute atomic E-state index is 13.2. The van der Waals surface area contributed by atoms with Crippen LogP contribution < -0.4 is 5.32 Å². The molecule has 1 N–H and O–H groups in total. The number of pyridine rings is 1. The highest BCUT2D eigenvalue weighted by molar-refractivity contribution is 6.30. The zero-order valence-corrected chi connectivity index (χ0v) is 15.7. The summed E-state index contributed by atoms with van der Waals surface area (Å²) in [6.45, 7) is 4.91. The number of rotatable bonds is 5. The highest BCUT2D eigenvalue weighted by Crippen LogP contribution is 2.35. The van der Waals surface area contributed by atoms with E-state index in [1.807, 2.05) is 19.9 Å². The molecule has 0 saturated heterocycles. The Hall–Kier alpha value is -2.28. The van der Waals surface area contributed by atoms with Gasteiger partial charge in [0.15, 0.2) is 0 Å². The number of hydrogen-bond acceptors (Lipinski definition) is 3. The molecule has 0 atom stereocenters. The van der Waals surface area contributed by atoms with E-state index in [2.05, 4.69) is 10.3 Å². The summed E-state index contributed by atoms with van der Waals surface area (Å²) >= 11 is 5.90. The molecule has 1 amide bonds. The van der Waals surface area contributed by atoms with Crippen molar-refractivity contribution in [1.29, 1.82) is 0 Å². The Kier molecular flexibility index (Phi) is 5.33. The molecule has 144 valence electrons. The van der Waals surface area contributed by atoms with Gasteiger partial charge >= 0.3 is 6.18 Å². The van der Waals surface area contributed by atoms with Crippen LogP contribution in [0.15, 0.2) is 24.4 Å². The number of aromatic nitrogens is 1. The fraction of sp³-hybridized carbons (Fsp3) is 0.368. The van der Waals surface area contributed by atoms with E-state index in [4.69, 9.17) is 11.6 Å². The third-order valence-corrected chi connectivity index (χ3v) is 4.88. The molecule has 0 spiro atoms. The van der Waals surface area contributed by atoms with Crippen molar-refractivity contribution in [2.45, 2.75) is 39.5 Å². The van der Waals surface area contributed by atoms with Gasteiger partial charge in [0.2, 0.25) is 0 Å². The summed E-state index contributed by atoms with van der Waals surface area (Å²) in [4.78, 5) is 18.0. The molecule has 4 nitrogen and oxygen atoms in total. The lowest BCUT2D eigenvalue weighted by Crippen LogP contribution is -2.24. The minimum Gasteiger partial charge on any atom is -0.381 e. The fourth-order valence-electron chi connectivity index (χ4n) is 3.37. The minimum absolute atomic E-state index is 0.00515. The Morgan fingerprint density at radius 2 is 2.07 bits per heavy atom. The number of amides is 1. The number of halogens is 4. The van der Waals surface area contributed by atoms with Crippen LogP contribution >= 0.6 is 11.6 Å². The van der Waals surface area contributed by atoms with Gasteiger partial charge in [0.25, 0.3) is 5.91 Å². The molecule has 1 aliphatic heterocycles. The predicted molar refractivity (Wildman–Crippen MR) is 97.8 cm³/mol. The lowest BCUT2D eigenvalue weighted by Gasteiger charge is -2.15. The third kappa shape index (κ3) is 3.88. The first-order valence-corrected chi connectivity index (χ1v) is 8.97. The summed E-state index contributed by atoms with van der Waals surface area (Å²) < 4.78 is 39.6. The first kappa shape index (κ1) is 19.5. The molecule has 1 aliphatic rings. The molecule has 0 radical (unpaired) electrons. The second-order valence-electron chi connectivity index (χ2n) is 6.53. The van der Waals surface area contributed by atoms with Crippen molar-refractivity contribution in [3.8, 4) is 0 Å². The first-order chi connectivity index (χ1) is 12.7. The largest absolute Gasteiger partial charge is 0.416 e. The average Bonchev–Trinajstić information content (AvgIpc) is 2.89. The Morgan fingerprint density at radius 3 is 2.74 bits per heavy atom. The lowest BCUT2D eigenvalue weighted by atomic mass is 10.0. The van der Waals surface area contributed by atoms with Gasteiger partial charge in [-0.05, 0) is 42.7 Å². The van der Waals surface area contributed by atoms with E-state index < -0.39 is 11.7 Å². The fourth-order valence-corrected chi connectivity index (χ4v) is 3.60. The van der Waals surface area contributed by atoms with Crippen molar-refractivity contribution in [3.63, 3.8) is 0 Å². The van der Waals surface area contributed by atoms with Crippen LogP contribution in [-0.2, 0) is 19.3 Å². The lowest BCUT2D eigenvalue weighted by molar-refractivity contribution is -0.138.